The highest BCUT2D eigenvalue weighted by Crippen LogP contribution is 2.35. The van der Waals surface area contributed by atoms with E-state index in [4.69, 9.17) is 32.7 Å². The van der Waals surface area contributed by atoms with E-state index in [9.17, 15) is 0 Å². The molecule has 2 aromatic rings. The molecule has 2 aromatic carbocycles. The maximum absolute atomic E-state index is 6.12. The van der Waals surface area contributed by atoms with Gasteiger partial charge in [-0.25, -0.2) is 0 Å². The van der Waals surface area contributed by atoms with E-state index in [0.717, 1.165) is 16.9 Å². The molecule has 0 aliphatic rings. The fourth-order valence-electron chi connectivity index (χ4n) is 2.29. The van der Waals surface area contributed by atoms with Crippen LogP contribution in [0.1, 0.15) is 17.2 Å². The molecule has 0 aromatic heterocycles. The zero-order valence-corrected chi connectivity index (χ0v) is 13.6. The largest absolute Gasteiger partial charge is 0.496 e. The molecule has 0 spiro atoms. The van der Waals surface area contributed by atoms with Crippen molar-refractivity contribution < 1.29 is 9.47 Å². The molecule has 2 rings (SSSR count). The highest BCUT2D eigenvalue weighted by Gasteiger charge is 2.18. The van der Waals surface area contributed by atoms with Crippen LogP contribution in [0.15, 0.2) is 36.4 Å². The summed E-state index contributed by atoms with van der Waals surface area (Å²) in [6.45, 7) is 0. The van der Waals surface area contributed by atoms with Gasteiger partial charge in [-0.05, 0) is 42.9 Å². The van der Waals surface area contributed by atoms with Gasteiger partial charge in [-0.1, -0.05) is 29.3 Å². The molecule has 0 heterocycles. The van der Waals surface area contributed by atoms with Gasteiger partial charge in [-0.3, -0.25) is 0 Å². The summed E-state index contributed by atoms with van der Waals surface area (Å²) in [5, 5.41) is 4.51. The molecular formula is C16H17Cl2NO2. The van der Waals surface area contributed by atoms with Gasteiger partial charge >= 0.3 is 0 Å². The minimum absolute atomic E-state index is 0.0789. The van der Waals surface area contributed by atoms with Crippen LogP contribution in [-0.4, -0.2) is 21.3 Å². The second kappa shape index (κ2) is 7.03. The molecule has 1 N–H and O–H groups in total. The molecule has 0 saturated carbocycles. The van der Waals surface area contributed by atoms with Crippen molar-refractivity contribution in [3.63, 3.8) is 0 Å². The van der Waals surface area contributed by atoms with Crippen molar-refractivity contribution in [3.8, 4) is 11.5 Å². The van der Waals surface area contributed by atoms with Crippen molar-refractivity contribution >= 4 is 23.2 Å². The van der Waals surface area contributed by atoms with Crippen molar-refractivity contribution in [2.45, 2.75) is 6.04 Å². The van der Waals surface area contributed by atoms with Crippen molar-refractivity contribution in [1.82, 2.24) is 5.32 Å². The predicted octanol–water partition coefficient (Wildman–Crippen LogP) is 4.32. The first-order valence-electron chi connectivity index (χ1n) is 6.44. The summed E-state index contributed by atoms with van der Waals surface area (Å²) in [7, 11) is 5.12. The van der Waals surface area contributed by atoms with Crippen LogP contribution in [0.4, 0.5) is 0 Å². The summed E-state index contributed by atoms with van der Waals surface area (Å²) < 4.78 is 10.7. The van der Waals surface area contributed by atoms with Gasteiger partial charge in [0.1, 0.15) is 11.5 Å². The first-order valence-corrected chi connectivity index (χ1v) is 7.20. The molecule has 112 valence electrons. The molecule has 0 bridgehead atoms. The zero-order chi connectivity index (χ0) is 15.4. The molecule has 0 saturated heterocycles. The van der Waals surface area contributed by atoms with Crippen LogP contribution in [0.2, 0.25) is 10.0 Å². The first-order chi connectivity index (χ1) is 10.1. The third-order valence-corrected chi connectivity index (χ3v) is 3.85. The van der Waals surface area contributed by atoms with Crippen molar-refractivity contribution in [1.29, 1.82) is 0 Å². The quantitative estimate of drug-likeness (QED) is 0.888. The van der Waals surface area contributed by atoms with E-state index in [1.165, 1.54) is 0 Å². The average Bonchev–Trinajstić information content (AvgIpc) is 2.50. The molecule has 0 amide bonds. The van der Waals surface area contributed by atoms with Gasteiger partial charge in [0.15, 0.2) is 0 Å². The van der Waals surface area contributed by atoms with Crippen LogP contribution >= 0.6 is 23.2 Å². The molecule has 1 unspecified atom stereocenters. The van der Waals surface area contributed by atoms with Crippen molar-refractivity contribution in [3.05, 3.63) is 57.6 Å². The van der Waals surface area contributed by atoms with Gasteiger partial charge in [0.25, 0.3) is 0 Å². The van der Waals surface area contributed by atoms with Gasteiger partial charge in [-0.2, -0.15) is 0 Å². The Morgan fingerprint density at radius 2 is 1.67 bits per heavy atom. The summed E-state index contributed by atoms with van der Waals surface area (Å²) in [6, 6.07) is 11.1. The molecule has 1 atom stereocenters. The van der Waals surface area contributed by atoms with E-state index >= 15 is 0 Å². The van der Waals surface area contributed by atoms with Crippen LogP contribution in [0.25, 0.3) is 0 Å². The summed E-state index contributed by atoms with van der Waals surface area (Å²) in [5.74, 6) is 1.41. The van der Waals surface area contributed by atoms with E-state index in [2.05, 4.69) is 5.32 Å². The van der Waals surface area contributed by atoms with Crippen molar-refractivity contribution in [2.24, 2.45) is 0 Å². The number of rotatable bonds is 5. The first kappa shape index (κ1) is 16.0. The third kappa shape index (κ3) is 3.43. The van der Waals surface area contributed by atoms with E-state index in [0.29, 0.717) is 15.8 Å². The molecule has 5 heteroatoms. The average molecular weight is 326 g/mol. The number of hydrogen-bond acceptors (Lipinski definition) is 3. The summed E-state index contributed by atoms with van der Waals surface area (Å²) in [5.41, 5.74) is 1.97. The lowest BCUT2D eigenvalue weighted by Crippen LogP contribution is -2.18. The molecule has 0 aliphatic heterocycles. The number of methoxy groups -OCH3 is 2. The third-order valence-electron chi connectivity index (χ3n) is 3.30. The van der Waals surface area contributed by atoms with Crippen LogP contribution in [0.5, 0.6) is 11.5 Å². The zero-order valence-electron chi connectivity index (χ0n) is 12.1. The van der Waals surface area contributed by atoms with Gasteiger partial charge < -0.3 is 14.8 Å². The smallest absolute Gasteiger partial charge is 0.137 e. The Balaban J connectivity index is 2.51. The minimum Gasteiger partial charge on any atom is -0.496 e. The monoisotopic (exact) mass is 325 g/mol. The Morgan fingerprint density at radius 1 is 0.952 bits per heavy atom. The summed E-state index contributed by atoms with van der Waals surface area (Å²) in [4.78, 5) is 0. The van der Waals surface area contributed by atoms with Gasteiger partial charge in [0, 0.05) is 10.6 Å². The van der Waals surface area contributed by atoms with E-state index in [1.54, 1.807) is 20.3 Å². The normalized spacial score (nSPS) is 12.0. The Kier molecular flexibility index (Phi) is 5.34. The highest BCUT2D eigenvalue weighted by molar-refractivity contribution is 6.32. The summed E-state index contributed by atoms with van der Waals surface area (Å²) in [6.07, 6.45) is 0. The lowest BCUT2D eigenvalue weighted by atomic mass is 9.97. The van der Waals surface area contributed by atoms with Gasteiger partial charge in [-0.15, -0.1) is 0 Å². The maximum Gasteiger partial charge on any atom is 0.137 e. The fraction of sp³-hybridized carbons (Fsp3) is 0.250. The number of halogens is 2. The SMILES string of the molecule is CNC(c1ccc(Cl)c(OC)c1)c1cc(Cl)ccc1OC. The molecule has 3 nitrogen and oxygen atoms in total. The van der Waals surface area contributed by atoms with Crippen molar-refractivity contribution in [2.75, 3.05) is 21.3 Å². The van der Waals surface area contributed by atoms with E-state index in [-0.39, 0.29) is 6.04 Å². The van der Waals surface area contributed by atoms with Crippen LogP contribution in [0.3, 0.4) is 0 Å². The Hall–Kier alpha value is -1.42. The fourth-order valence-corrected chi connectivity index (χ4v) is 2.66. The molecular weight excluding hydrogens is 309 g/mol. The number of hydrogen-bond donors (Lipinski definition) is 1. The Labute approximate surface area is 134 Å². The Bertz CT molecular complexity index is 632. The lowest BCUT2D eigenvalue weighted by Gasteiger charge is -2.21. The predicted molar refractivity (Wildman–Crippen MR) is 86.9 cm³/mol. The maximum atomic E-state index is 6.12. The number of nitrogens with one attached hydrogen (secondary N) is 1. The second-order valence-corrected chi connectivity index (χ2v) is 5.35. The highest BCUT2D eigenvalue weighted by atomic mass is 35.5. The molecule has 0 radical (unpaired) electrons. The number of benzene rings is 2. The van der Waals surface area contributed by atoms with Gasteiger partial charge in [0.05, 0.1) is 25.3 Å². The van der Waals surface area contributed by atoms with E-state index in [1.807, 2.05) is 37.4 Å². The van der Waals surface area contributed by atoms with E-state index < -0.39 is 0 Å². The summed E-state index contributed by atoms with van der Waals surface area (Å²) >= 11 is 12.2. The van der Waals surface area contributed by atoms with Crippen LogP contribution in [-0.2, 0) is 0 Å². The van der Waals surface area contributed by atoms with Crippen LogP contribution in [0, 0.1) is 0 Å². The molecule has 0 aliphatic carbocycles. The molecule has 21 heavy (non-hydrogen) atoms. The lowest BCUT2D eigenvalue weighted by molar-refractivity contribution is 0.404. The second-order valence-electron chi connectivity index (χ2n) is 4.50. The Morgan fingerprint density at radius 3 is 2.29 bits per heavy atom. The van der Waals surface area contributed by atoms with Gasteiger partial charge in [0.2, 0.25) is 0 Å². The minimum atomic E-state index is -0.0789. The topological polar surface area (TPSA) is 30.5 Å². The standard InChI is InChI=1S/C16H17Cl2NO2/c1-19-16(10-4-6-13(18)15(8-10)21-3)12-9-11(17)5-7-14(12)20-2/h4-9,16,19H,1-3H3. The van der Waals surface area contributed by atoms with Crippen LogP contribution < -0.4 is 14.8 Å². The molecule has 0 fully saturated rings. The number of ether oxygens (including phenoxy) is 2.